The molecule has 0 unspecified atom stereocenters. The zero-order valence-electron chi connectivity index (χ0n) is 15.0. The van der Waals surface area contributed by atoms with Crippen molar-refractivity contribution in [2.45, 2.75) is 50.7 Å². The van der Waals surface area contributed by atoms with Gasteiger partial charge in [0.2, 0.25) is 0 Å². The molecule has 0 saturated carbocycles. The molecule has 2 fully saturated rings. The molecule has 0 bridgehead atoms. The highest BCUT2D eigenvalue weighted by Crippen LogP contribution is 2.36. The van der Waals surface area contributed by atoms with Crippen LogP contribution in [-0.2, 0) is 23.9 Å². The van der Waals surface area contributed by atoms with E-state index in [-0.39, 0.29) is 11.2 Å². The fourth-order valence-electron chi connectivity index (χ4n) is 2.89. The zero-order valence-corrected chi connectivity index (χ0v) is 15.8. The first-order chi connectivity index (χ1) is 10.9. The van der Waals surface area contributed by atoms with Crippen LogP contribution in [0.1, 0.15) is 34.6 Å². The second-order valence-electron chi connectivity index (χ2n) is 8.22. The van der Waals surface area contributed by atoms with Crippen LogP contribution in [0, 0.1) is 5.41 Å². The third kappa shape index (κ3) is 3.15. The zero-order chi connectivity index (χ0) is 17.8. The molecule has 132 valence electrons. The van der Waals surface area contributed by atoms with Gasteiger partial charge in [-0.1, -0.05) is 19.1 Å². The highest BCUT2D eigenvalue weighted by molar-refractivity contribution is 7.91. The maximum Gasteiger partial charge on any atom is 0.494 e. The third-order valence-corrected chi connectivity index (χ3v) is 7.27. The van der Waals surface area contributed by atoms with Gasteiger partial charge < -0.3 is 14.0 Å². The van der Waals surface area contributed by atoms with Crippen LogP contribution in [0.3, 0.4) is 0 Å². The van der Waals surface area contributed by atoms with Gasteiger partial charge in [0, 0.05) is 5.41 Å². The van der Waals surface area contributed by atoms with E-state index in [1.54, 1.807) is 24.3 Å². The van der Waals surface area contributed by atoms with Crippen LogP contribution in [0.4, 0.5) is 0 Å². The Morgan fingerprint density at radius 3 is 1.88 bits per heavy atom. The Balaban J connectivity index is 1.77. The van der Waals surface area contributed by atoms with E-state index in [2.05, 4.69) is 0 Å². The molecular formula is C17H25BO5S. The molecule has 2 aliphatic rings. The predicted octanol–water partition coefficient (Wildman–Crippen LogP) is 1.80. The van der Waals surface area contributed by atoms with Crippen LogP contribution >= 0.6 is 0 Å². The number of ether oxygens (including phenoxy) is 1. The Morgan fingerprint density at radius 1 is 0.958 bits per heavy atom. The molecule has 1 aromatic rings. The second kappa shape index (κ2) is 5.56. The molecule has 5 nitrogen and oxygen atoms in total. The molecule has 24 heavy (non-hydrogen) atoms. The Hall–Kier alpha value is -0.885. The van der Waals surface area contributed by atoms with Crippen LogP contribution in [0.5, 0.6) is 0 Å². The maximum absolute atomic E-state index is 12.6. The molecule has 3 rings (SSSR count). The number of benzene rings is 1. The van der Waals surface area contributed by atoms with E-state index in [9.17, 15) is 8.42 Å². The Morgan fingerprint density at radius 2 is 1.46 bits per heavy atom. The quantitative estimate of drug-likeness (QED) is 0.774. The van der Waals surface area contributed by atoms with Crippen molar-refractivity contribution in [2.24, 2.45) is 5.41 Å². The van der Waals surface area contributed by atoms with E-state index in [1.165, 1.54) is 0 Å². The van der Waals surface area contributed by atoms with Crippen molar-refractivity contribution in [1.82, 2.24) is 0 Å². The maximum atomic E-state index is 12.6. The van der Waals surface area contributed by atoms with E-state index in [1.807, 2.05) is 34.6 Å². The summed E-state index contributed by atoms with van der Waals surface area (Å²) < 4.78 is 42.3. The summed E-state index contributed by atoms with van der Waals surface area (Å²) in [5.74, 6) is 0.107. The number of rotatable bonds is 4. The van der Waals surface area contributed by atoms with Crippen molar-refractivity contribution in [1.29, 1.82) is 0 Å². The van der Waals surface area contributed by atoms with Crippen molar-refractivity contribution >= 4 is 22.4 Å². The smallest absolute Gasteiger partial charge is 0.399 e. The van der Waals surface area contributed by atoms with Crippen LogP contribution in [0.15, 0.2) is 29.2 Å². The van der Waals surface area contributed by atoms with Crippen LogP contribution in [0.25, 0.3) is 0 Å². The van der Waals surface area contributed by atoms with Crippen molar-refractivity contribution < 1.29 is 22.5 Å². The lowest BCUT2D eigenvalue weighted by atomic mass is 9.79. The largest absolute Gasteiger partial charge is 0.494 e. The molecule has 0 spiro atoms. The van der Waals surface area contributed by atoms with E-state index >= 15 is 0 Å². The molecule has 0 aromatic heterocycles. The standard InChI is InChI=1S/C17H25BO5S/c1-15(2)16(3,4)23-18(22-15)13-6-8-14(9-7-13)24(19,20)12-17(5)10-21-11-17/h6-9H,10-12H2,1-5H3. The monoisotopic (exact) mass is 352 g/mol. The van der Waals surface area contributed by atoms with Crippen LogP contribution < -0.4 is 5.46 Å². The van der Waals surface area contributed by atoms with Gasteiger partial charge in [0.25, 0.3) is 0 Å². The minimum Gasteiger partial charge on any atom is -0.399 e. The molecule has 7 heteroatoms. The summed E-state index contributed by atoms with van der Waals surface area (Å²) in [5.41, 5.74) is -0.281. The van der Waals surface area contributed by atoms with E-state index in [0.29, 0.717) is 18.1 Å². The number of sulfone groups is 1. The first-order valence-electron chi connectivity index (χ1n) is 8.20. The van der Waals surface area contributed by atoms with Crippen molar-refractivity contribution in [3.8, 4) is 0 Å². The van der Waals surface area contributed by atoms with E-state index in [4.69, 9.17) is 14.0 Å². The minimum atomic E-state index is -3.33. The highest BCUT2D eigenvalue weighted by atomic mass is 32.2. The molecule has 0 atom stereocenters. The lowest BCUT2D eigenvalue weighted by Gasteiger charge is -2.37. The summed E-state index contributed by atoms with van der Waals surface area (Å²) in [6.45, 7) is 10.9. The summed E-state index contributed by atoms with van der Waals surface area (Å²) >= 11 is 0. The second-order valence-corrected chi connectivity index (χ2v) is 10.2. The van der Waals surface area contributed by atoms with Gasteiger partial charge in [-0.2, -0.15) is 0 Å². The van der Waals surface area contributed by atoms with Crippen molar-refractivity contribution in [3.05, 3.63) is 24.3 Å². The van der Waals surface area contributed by atoms with Gasteiger partial charge in [-0.15, -0.1) is 0 Å². The first-order valence-corrected chi connectivity index (χ1v) is 9.86. The number of hydrogen-bond acceptors (Lipinski definition) is 5. The lowest BCUT2D eigenvalue weighted by Crippen LogP contribution is -2.45. The van der Waals surface area contributed by atoms with Crippen molar-refractivity contribution in [2.75, 3.05) is 19.0 Å². The number of hydrogen-bond donors (Lipinski definition) is 0. The molecule has 2 aliphatic heterocycles. The Labute approximate surface area is 144 Å². The normalized spacial score (nSPS) is 24.6. The summed E-state index contributed by atoms with van der Waals surface area (Å²) in [6.07, 6.45) is 0. The van der Waals surface area contributed by atoms with Gasteiger partial charge in [-0.25, -0.2) is 8.42 Å². The third-order valence-electron chi connectivity index (χ3n) is 5.20. The van der Waals surface area contributed by atoms with Gasteiger partial charge in [-0.3, -0.25) is 0 Å². The van der Waals surface area contributed by atoms with Gasteiger partial charge >= 0.3 is 7.12 Å². The predicted molar refractivity (Wildman–Crippen MR) is 93.1 cm³/mol. The summed E-state index contributed by atoms with van der Waals surface area (Å²) in [5, 5.41) is 0. The van der Waals surface area contributed by atoms with E-state index in [0.717, 1.165) is 5.46 Å². The van der Waals surface area contributed by atoms with Gasteiger partial charge in [0.1, 0.15) is 0 Å². The lowest BCUT2D eigenvalue weighted by molar-refractivity contribution is -0.0870. The summed E-state index contributed by atoms with van der Waals surface area (Å²) in [6, 6.07) is 6.82. The van der Waals surface area contributed by atoms with Crippen LogP contribution in [-0.4, -0.2) is 45.7 Å². The molecule has 0 radical (unpaired) electrons. The molecule has 0 N–H and O–H groups in total. The average molecular weight is 352 g/mol. The Kier molecular flexibility index (Phi) is 4.15. The van der Waals surface area contributed by atoms with Crippen molar-refractivity contribution in [3.63, 3.8) is 0 Å². The molecule has 0 amide bonds. The molecule has 1 aromatic carbocycles. The van der Waals surface area contributed by atoms with Gasteiger partial charge in [-0.05, 0) is 45.3 Å². The molecule has 2 heterocycles. The molecular weight excluding hydrogens is 327 g/mol. The SMILES string of the molecule is CC1(CS(=O)(=O)c2ccc(B3OC(C)(C)C(C)(C)O3)cc2)COC1. The fourth-order valence-corrected chi connectivity index (χ4v) is 4.69. The Bertz CT molecular complexity index is 704. The minimum absolute atomic E-state index is 0.107. The van der Waals surface area contributed by atoms with E-state index < -0.39 is 28.2 Å². The topological polar surface area (TPSA) is 61.8 Å². The van der Waals surface area contributed by atoms with Gasteiger partial charge in [0.05, 0.1) is 35.1 Å². The highest BCUT2D eigenvalue weighted by Gasteiger charge is 2.51. The first kappa shape index (κ1) is 17.9. The molecule has 0 aliphatic carbocycles. The summed E-state index contributed by atoms with van der Waals surface area (Å²) in [7, 11) is -3.81. The molecule has 2 saturated heterocycles. The van der Waals surface area contributed by atoms with Crippen LogP contribution in [0.2, 0.25) is 0 Å². The van der Waals surface area contributed by atoms with Gasteiger partial charge in [0.15, 0.2) is 9.84 Å². The average Bonchev–Trinajstić information content (AvgIpc) is 2.65. The summed E-state index contributed by atoms with van der Waals surface area (Å²) in [4.78, 5) is 0.330. The fraction of sp³-hybridized carbons (Fsp3) is 0.647.